The number of furan rings is 1. The molecule has 2 heterocycles. The number of amides is 1. The van der Waals surface area contributed by atoms with Crippen molar-refractivity contribution < 1.29 is 27.1 Å². The summed E-state index contributed by atoms with van der Waals surface area (Å²) < 4.78 is 50.1. The maximum atomic E-state index is 13.1. The van der Waals surface area contributed by atoms with Gasteiger partial charge in [0.05, 0.1) is 16.7 Å². The maximum absolute atomic E-state index is 13.1. The Kier molecular flexibility index (Phi) is 4.84. The van der Waals surface area contributed by atoms with Gasteiger partial charge in [0.25, 0.3) is 5.91 Å². The molecule has 4 nitrogen and oxygen atoms in total. The molecule has 0 bridgehead atoms. The summed E-state index contributed by atoms with van der Waals surface area (Å²) in [7, 11) is 0. The Morgan fingerprint density at radius 1 is 1.15 bits per heavy atom. The van der Waals surface area contributed by atoms with Crippen LogP contribution in [0.2, 0.25) is 0 Å². The van der Waals surface area contributed by atoms with Gasteiger partial charge >= 0.3 is 6.18 Å². The average molecular weight is 367 g/mol. The molecule has 140 valence electrons. The molecule has 2 aromatic rings. The fourth-order valence-electron chi connectivity index (χ4n) is 3.34. The number of hydrogen-bond donors (Lipinski definition) is 1. The molecular formula is C19H20F3NO3. The third-order valence-corrected chi connectivity index (χ3v) is 4.73. The monoisotopic (exact) mass is 367 g/mol. The van der Waals surface area contributed by atoms with Crippen LogP contribution in [0.15, 0.2) is 34.7 Å². The highest BCUT2D eigenvalue weighted by atomic mass is 19.4. The first-order chi connectivity index (χ1) is 12.2. The number of nitrogens with one attached hydrogen (secondary N) is 1. The fraction of sp³-hybridized carbons (Fsp3) is 0.421. The van der Waals surface area contributed by atoms with Gasteiger partial charge in [-0.2, -0.15) is 13.2 Å². The zero-order valence-electron chi connectivity index (χ0n) is 14.6. The maximum Gasteiger partial charge on any atom is 0.416 e. The Morgan fingerprint density at radius 2 is 1.85 bits per heavy atom. The first kappa shape index (κ1) is 18.5. The van der Waals surface area contributed by atoms with Crippen LogP contribution in [0.3, 0.4) is 0 Å². The minimum atomic E-state index is -4.44. The Balaban J connectivity index is 1.97. The van der Waals surface area contributed by atoms with Crippen LogP contribution in [-0.4, -0.2) is 19.1 Å². The van der Waals surface area contributed by atoms with Crippen molar-refractivity contribution in [1.82, 2.24) is 5.32 Å². The predicted octanol–water partition coefficient (Wildman–Crippen LogP) is 4.35. The summed E-state index contributed by atoms with van der Waals surface area (Å²) in [6, 6.07) is 6.76. The van der Waals surface area contributed by atoms with E-state index >= 15 is 0 Å². The minimum absolute atomic E-state index is 0.361. The van der Waals surface area contributed by atoms with Crippen LogP contribution in [0, 0.1) is 13.8 Å². The molecule has 0 unspecified atom stereocenters. The van der Waals surface area contributed by atoms with Crippen molar-refractivity contribution in [2.24, 2.45) is 0 Å². The van der Waals surface area contributed by atoms with E-state index < -0.39 is 17.3 Å². The number of benzene rings is 1. The van der Waals surface area contributed by atoms with Gasteiger partial charge in [0.2, 0.25) is 0 Å². The van der Waals surface area contributed by atoms with Gasteiger partial charge in [0.1, 0.15) is 11.5 Å². The molecule has 1 saturated heterocycles. The lowest BCUT2D eigenvalue weighted by Crippen LogP contribution is -2.49. The third kappa shape index (κ3) is 3.62. The van der Waals surface area contributed by atoms with Crippen LogP contribution in [-0.2, 0) is 16.5 Å². The summed E-state index contributed by atoms with van der Waals surface area (Å²) >= 11 is 0. The zero-order valence-corrected chi connectivity index (χ0v) is 14.6. The SMILES string of the molecule is Cc1cc(C(=O)NC2(c3cccc(C(F)(F)F)c3)CCOCC2)c(C)o1. The van der Waals surface area contributed by atoms with Crippen LogP contribution < -0.4 is 5.32 Å². The summed E-state index contributed by atoms with van der Waals surface area (Å²) in [5.41, 5.74) is -0.818. The number of rotatable bonds is 3. The number of hydrogen-bond acceptors (Lipinski definition) is 3. The van der Waals surface area contributed by atoms with E-state index in [1.807, 2.05) is 0 Å². The quantitative estimate of drug-likeness (QED) is 0.877. The molecule has 0 saturated carbocycles. The van der Waals surface area contributed by atoms with E-state index in [1.54, 1.807) is 26.0 Å². The molecule has 1 fully saturated rings. The molecule has 3 rings (SSSR count). The van der Waals surface area contributed by atoms with Crippen LogP contribution in [0.25, 0.3) is 0 Å². The minimum Gasteiger partial charge on any atom is -0.466 e. The second kappa shape index (κ2) is 6.79. The number of aryl methyl sites for hydroxylation is 2. The fourth-order valence-corrected chi connectivity index (χ4v) is 3.34. The first-order valence-corrected chi connectivity index (χ1v) is 8.36. The van der Waals surface area contributed by atoms with Gasteiger partial charge in [-0.1, -0.05) is 12.1 Å². The molecule has 1 aromatic carbocycles. The summed E-state index contributed by atoms with van der Waals surface area (Å²) in [6.45, 7) is 4.14. The Labute approximate surface area is 149 Å². The highest BCUT2D eigenvalue weighted by Crippen LogP contribution is 2.36. The standard InChI is InChI=1S/C19H20F3NO3/c1-12-10-16(13(2)26-12)17(24)23-18(6-8-25-9-7-18)14-4-3-5-15(11-14)19(20,21)22/h3-5,10-11H,6-9H2,1-2H3,(H,23,24). The summed E-state index contributed by atoms with van der Waals surface area (Å²) in [5, 5.41) is 2.95. The average Bonchev–Trinajstić information content (AvgIpc) is 2.93. The Hall–Kier alpha value is -2.28. The highest BCUT2D eigenvalue weighted by molar-refractivity contribution is 5.95. The summed E-state index contributed by atoms with van der Waals surface area (Å²) in [4.78, 5) is 12.8. The third-order valence-electron chi connectivity index (χ3n) is 4.73. The van der Waals surface area contributed by atoms with Crippen LogP contribution >= 0.6 is 0 Å². The summed E-state index contributed by atoms with van der Waals surface area (Å²) in [5.74, 6) is 0.720. The van der Waals surface area contributed by atoms with Crippen molar-refractivity contribution in [2.75, 3.05) is 13.2 Å². The second-order valence-electron chi connectivity index (χ2n) is 6.55. The van der Waals surface area contributed by atoms with Crippen molar-refractivity contribution in [3.8, 4) is 0 Å². The molecule has 1 N–H and O–H groups in total. The molecule has 0 aliphatic carbocycles. The van der Waals surface area contributed by atoms with E-state index in [2.05, 4.69) is 5.32 Å². The van der Waals surface area contributed by atoms with Gasteiger partial charge in [-0.15, -0.1) is 0 Å². The van der Waals surface area contributed by atoms with E-state index in [1.165, 1.54) is 6.07 Å². The van der Waals surface area contributed by atoms with Crippen molar-refractivity contribution in [1.29, 1.82) is 0 Å². The molecule has 0 radical (unpaired) electrons. The Morgan fingerprint density at radius 3 is 2.42 bits per heavy atom. The molecule has 0 spiro atoms. The van der Waals surface area contributed by atoms with Crippen molar-refractivity contribution >= 4 is 5.91 Å². The molecule has 1 aliphatic rings. The summed E-state index contributed by atoms with van der Waals surface area (Å²) in [6.07, 6.45) is -3.64. The molecule has 0 atom stereocenters. The van der Waals surface area contributed by atoms with Crippen LogP contribution in [0.4, 0.5) is 13.2 Å². The highest BCUT2D eigenvalue weighted by Gasteiger charge is 2.39. The van der Waals surface area contributed by atoms with E-state index in [9.17, 15) is 18.0 Å². The van der Waals surface area contributed by atoms with Crippen molar-refractivity contribution in [3.63, 3.8) is 0 Å². The van der Waals surface area contributed by atoms with Crippen LogP contribution in [0.1, 0.15) is 45.8 Å². The predicted molar refractivity (Wildman–Crippen MR) is 88.8 cm³/mol. The van der Waals surface area contributed by atoms with Gasteiger partial charge in [-0.25, -0.2) is 0 Å². The van der Waals surface area contributed by atoms with E-state index in [-0.39, 0.29) is 5.91 Å². The number of carbonyl (C=O) groups is 1. The number of halogens is 3. The first-order valence-electron chi connectivity index (χ1n) is 8.36. The molecule has 1 aliphatic heterocycles. The van der Waals surface area contributed by atoms with Gasteiger partial charge in [0.15, 0.2) is 0 Å². The smallest absolute Gasteiger partial charge is 0.416 e. The van der Waals surface area contributed by atoms with E-state index in [0.717, 1.165) is 12.1 Å². The van der Waals surface area contributed by atoms with Crippen LogP contribution in [0.5, 0.6) is 0 Å². The molecule has 7 heteroatoms. The number of alkyl halides is 3. The van der Waals surface area contributed by atoms with Gasteiger partial charge in [-0.05, 0) is 50.5 Å². The molecular weight excluding hydrogens is 347 g/mol. The lowest BCUT2D eigenvalue weighted by Gasteiger charge is -2.38. The molecule has 1 aromatic heterocycles. The van der Waals surface area contributed by atoms with E-state index in [4.69, 9.17) is 9.15 Å². The normalized spacial score (nSPS) is 17.1. The van der Waals surface area contributed by atoms with Crippen molar-refractivity contribution in [2.45, 2.75) is 38.4 Å². The topological polar surface area (TPSA) is 51.5 Å². The molecule has 26 heavy (non-hydrogen) atoms. The second-order valence-corrected chi connectivity index (χ2v) is 6.55. The lowest BCUT2D eigenvalue weighted by atomic mass is 9.81. The largest absolute Gasteiger partial charge is 0.466 e. The number of carbonyl (C=O) groups excluding carboxylic acids is 1. The lowest BCUT2D eigenvalue weighted by molar-refractivity contribution is -0.137. The van der Waals surface area contributed by atoms with Gasteiger partial charge in [0, 0.05) is 13.2 Å². The van der Waals surface area contributed by atoms with Gasteiger partial charge in [-0.3, -0.25) is 4.79 Å². The van der Waals surface area contributed by atoms with E-state index in [0.29, 0.717) is 48.7 Å². The Bertz CT molecular complexity index is 805. The number of ether oxygens (including phenoxy) is 1. The zero-order chi connectivity index (χ0) is 18.9. The molecule has 1 amide bonds. The van der Waals surface area contributed by atoms with Gasteiger partial charge < -0.3 is 14.5 Å². The van der Waals surface area contributed by atoms with Crippen molar-refractivity contribution in [3.05, 3.63) is 58.5 Å².